The molecule has 1 aromatic heterocycles. The summed E-state index contributed by atoms with van der Waals surface area (Å²) in [6.07, 6.45) is 2.08. The fraction of sp³-hybridized carbons (Fsp3) is 0.269. The van der Waals surface area contributed by atoms with Crippen LogP contribution in [0.25, 0.3) is 27.2 Å². The van der Waals surface area contributed by atoms with Gasteiger partial charge in [0.1, 0.15) is 11.5 Å². The van der Waals surface area contributed by atoms with Gasteiger partial charge in [-0.2, -0.15) is 0 Å². The third-order valence-electron chi connectivity index (χ3n) is 5.31. The van der Waals surface area contributed by atoms with Crippen LogP contribution in [0.5, 0.6) is 17.4 Å². The molecule has 166 valence electrons. The van der Waals surface area contributed by atoms with E-state index in [-0.39, 0.29) is 18.3 Å². The molecule has 0 saturated carbocycles. The van der Waals surface area contributed by atoms with Gasteiger partial charge in [-0.1, -0.05) is 36.4 Å². The molecule has 0 amide bonds. The van der Waals surface area contributed by atoms with Gasteiger partial charge >= 0.3 is 5.97 Å². The summed E-state index contributed by atoms with van der Waals surface area (Å²) in [4.78, 5) is 11.8. The number of rotatable bonds is 8. The summed E-state index contributed by atoms with van der Waals surface area (Å²) < 4.78 is 18.8. The quantitative estimate of drug-likeness (QED) is 0.377. The lowest BCUT2D eigenvalue weighted by Gasteiger charge is -2.14. The van der Waals surface area contributed by atoms with Crippen molar-refractivity contribution < 1.29 is 24.1 Å². The predicted octanol–water partition coefficient (Wildman–Crippen LogP) is 5.39. The molecule has 0 aliphatic rings. The summed E-state index contributed by atoms with van der Waals surface area (Å²) in [5.74, 6) is 1.17. The van der Waals surface area contributed by atoms with E-state index in [1.54, 1.807) is 11.5 Å². The average molecular weight is 434 g/mol. The lowest BCUT2D eigenvalue weighted by Crippen LogP contribution is -2.07. The highest BCUT2D eigenvalue weighted by atomic mass is 16.5. The number of hydrogen-bond acceptors (Lipinski definition) is 5. The van der Waals surface area contributed by atoms with Crippen molar-refractivity contribution in [2.24, 2.45) is 0 Å². The molecule has 3 aromatic carbocycles. The van der Waals surface area contributed by atoms with E-state index >= 15 is 0 Å². The van der Waals surface area contributed by atoms with Gasteiger partial charge in [0.05, 0.1) is 37.0 Å². The molecule has 6 nitrogen and oxygen atoms in total. The third kappa shape index (κ3) is 3.84. The Balaban J connectivity index is 1.88. The van der Waals surface area contributed by atoms with Gasteiger partial charge < -0.3 is 19.3 Å². The molecular weight excluding hydrogens is 406 g/mol. The van der Waals surface area contributed by atoms with E-state index in [9.17, 15) is 9.90 Å². The molecule has 0 aliphatic carbocycles. The second-order valence-electron chi connectivity index (χ2n) is 7.33. The zero-order valence-electron chi connectivity index (χ0n) is 18.6. The van der Waals surface area contributed by atoms with Gasteiger partial charge in [0, 0.05) is 22.7 Å². The van der Waals surface area contributed by atoms with Crippen LogP contribution in [-0.4, -0.2) is 35.5 Å². The number of ether oxygens (including phenoxy) is 3. The summed E-state index contributed by atoms with van der Waals surface area (Å²) in [5.41, 5.74) is 1.61. The zero-order valence-corrected chi connectivity index (χ0v) is 18.6. The minimum atomic E-state index is -0.260. The topological polar surface area (TPSA) is 69.9 Å². The number of hydrogen-bond donors (Lipinski definition) is 1. The van der Waals surface area contributed by atoms with Crippen molar-refractivity contribution in [3.63, 3.8) is 0 Å². The van der Waals surface area contributed by atoms with Gasteiger partial charge in [0.2, 0.25) is 5.88 Å². The van der Waals surface area contributed by atoms with Crippen molar-refractivity contribution in [3.05, 3.63) is 60.3 Å². The first-order valence-corrected chi connectivity index (χ1v) is 10.9. The van der Waals surface area contributed by atoms with Gasteiger partial charge in [0.15, 0.2) is 0 Å². The Labute approximate surface area is 186 Å². The van der Waals surface area contributed by atoms with Crippen molar-refractivity contribution >= 4 is 27.5 Å². The Hall–Kier alpha value is -3.67. The Kier molecular flexibility index (Phi) is 6.21. The normalized spacial score (nSPS) is 11.1. The molecule has 1 heterocycles. The summed E-state index contributed by atoms with van der Waals surface area (Å²) >= 11 is 0. The number of aromatic hydroxyl groups is 1. The number of carbonyl (C=O) groups excluding carboxylic acids is 1. The molecule has 0 saturated heterocycles. The monoisotopic (exact) mass is 433 g/mol. The number of benzene rings is 3. The maximum absolute atomic E-state index is 11.8. The summed E-state index contributed by atoms with van der Waals surface area (Å²) in [6.45, 7) is 6.99. The molecular formula is C26H27NO5. The molecule has 6 heteroatoms. The van der Waals surface area contributed by atoms with E-state index < -0.39 is 0 Å². The van der Waals surface area contributed by atoms with E-state index in [1.165, 1.54) is 0 Å². The summed E-state index contributed by atoms with van der Waals surface area (Å²) in [5, 5.41) is 14.5. The molecule has 0 atom stereocenters. The largest absolute Gasteiger partial charge is 0.494 e. The summed E-state index contributed by atoms with van der Waals surface area (Å²) in [7, 11) is 0. The van der Waals surface area contributed by atoms with Crippen LogP contribution in [0.4, 0.5) is 0 Å². The molecule has 4 aromatic rings. The lowest BCUT2D eigenvalue weighted by atomic mass is 10.0. The van der Waals surface area contributed by atoms with Crippen LogP contribution in [0.15, 0.2) is 54.7 Å². The van der Waals surface area contributed by atoms with E-state index in [4.69, 9.17) is 14.2 Å². The second kappa shape index (κ2) is 9.22. The van der Waals surface area contributed by atoms with Gasteiger partial charge in [-0.3, -0.25) is 9.36 Å². The first kappa shape index (κ1) is 21.6. The Morgan fingerprint density at radius 2 is 1.47 bits per heavy atom. The zero-order chi connectivity index (χ0) is 22.7. The van der Waals surface area contributed by atoms with Crippen LogP contribution >= 0.6 is 0 Å². The molecule has 4 rings (SSSR count). The van der Waals surface area contributed by atoms with Gasteiger partial charge in [0.25, 0.3) is 0 Å². The Morgan fingerprint density at radius 3 is 2.09 bits per heavy atom. The minimum absolute atomic E-state index is 0.0771. The van der Waals surface area contributed by atoms with E-state index in [2.05, 4.69) is 0 Å². The molecule has 32 heavy (non-hydrogen) atoms. The lowest BCUT2D eigenvalue weighted by molar-refractivity contribution is -0.142. The smallest absolute Gasteiger partial charge is 0.310 e. The molecule has 0 bridgehead atoms. The van der Waals surface area contributed by atoms with Gasteiger partial charge in [-0.25, -0.2) is 0 Å². The van der Waals surface area contributed by atoms with Crippen molar-refractivity contribution in [1.82, 2.24) is 4.57 Å². The van der Waals surface area contributed by atoms with Crippen LogP contribution in [0, 0.1) is 0 Å². The first-order valence-electron chi connectivity index (χ1n) is 10.9. The molecule has 0 aliphatic heterocycles. The highest BCUT2D eigenvalue weighted by Crippen LogP contribution is 2.47. The Morgan fingerprint density at radius 1 is 0.844 bits per heavy atom. The molecule has 0 unspecified atom stereocenters. The van der Waals surface area contributed by atoms with Crippen LogP contribution in [0.1, 0.15) is 26.3 Å². The van der Waals surface area contributed by atoms with Gasteiger partial charge in [-0.15, -0.1) is 0 Å². The fourth-order valence-electron chi connectivity index (χ4n) is 3.99. The van der Waals surface area contributed by atoms with E-state index in [0.29, 0.717) is 31.0 Å². The van der Waals surface area contributed by atoms with E-state index in [0.717, 1.165) is 33.2 Å². The maximum Gasteiger partial charge on any atom is 0.310 e. The number of fused-ring (bicyclic) bond motifs is 2. The number of esters is 1. The maximum atomic E-state index is 11.8. The van der Waals surface area contributed by atoms with E-state index in [1.807, 2.05) is 68.6 Å². The highest BCUT2D eigenvalue weighted by Gasteiger charge is 2.22. The van der Waals surface area contributed by atoms with Crippen LogP contribution in [-0.2, 0) is 16.0 Å². The Bertz CT molecular complexity index is 1260. The van der Waals surface area contributed by atoms with Crippen molar-refractivity contribution in [2.75, 3.05) is 19.8 Å². The van der Waals surface area contributed by atoms with Crippen LogP contribution in [0.3, 0.4) is 0 Å². The number of carbonyl (C=O) groups is 1. The van der Waals surface area contributed by atoms with Crippen molar-refractivity contribution in [3.8, 4) is 23.1 Å². The highest BCUT2D eigenvalue weighted by molar-refractivity contribution is 6.13. The molecule has 0 fully saturated rings. The average Bonchev–Trinajstić information content (AvgIpc) is 3.14. The molecule has 0 radical (unpaired) electrons. The predicted molar refractivity (Wildman–Crippen MR) is 125 cm³/mol. The fourth-order valence-corrected chi connectivity index (χ4v) is 3.99. The van der Waals surface area contributed by atoms with Crippen LogP contribution in [0.2, 0.25) is 0 Å². The first-order chi connectivity index (χ1) is 15.6. The SMILES string of the molecule is CCOC(=O)Cc1ccc(-n2cc3c(OCC)c4ccccc4c(OCC)c3c2O)cc1. The third-order valence-corrected chi connectivity index (χ3v) is 5.31. The van der Waals surface area contributed by atoms with Crippen molar-refractivity contribution in [2.45, 2.75) is 27.2 Å². The number of nitrogens with zero attached hydrogens (tertiary/aromatic N) is 1. The second-order valence-corrected chi connectivity index (χ2v) is 7.33. The number of aromatic nitrogens is 1. The summed E-state index contributed by atoms with van der Waals surface area (Å²) in [6, 6.07) is 15.3. The van der Waals surface area contributed by atoms with Crippen molar-refractivity contribution in [1.29, 1.82) is 0 Å². The molecule has 0 spiro atoms. The minimum Gasteiger partial charge on any atom is -0.494 e. The standard InChI is InChI=1S/C26H27NO5/c1-4-30-22(28)15-17-11-13-18(14-12-17)27-16-21-23(26(27)29)25(32-6-3)20-10-8-7-9-19(20)24(21)31-5-2/h7-14,16,29H,4-6,15H2,1-3H3. The van der Waals surface area contributed by atoms with Crippen LogP contribution < -0.4 is 9.47 Å². The molecule has 1 N–H and O–H groups in total. The van der Waals surface area contributed by atoms with Gasteiger partial charge in [-0.05, 0) is 38.5 Å².